The van der Waals surface area contributed by atoms with Crippen molar-refractivity contribution in [2.24, 2.45) is 10.7 Å². The number of hydrogen-bond donors (Lipinski definition) is 3. The van der Waals surface area contributed by atoms with Crippen molar-refractivity contribution >= 4 is 22.7 Å². The molecule has 0 amide bonds. The average Bonchev–Trinajstić information content (AvgIpc) is 3.04. The summed E-state index contributed by atoms with van der Waals surface area (Å²) in [4.78, 5) is 12.1. The molecule has 3 rings (SSSR count). The summed E-state index contributed by atoms with van der Waals surface area (Å²) in [5.41, 5.74) is 9.81. The first-order chi connectivity index (χ1) is 12.1. The molecule has 0 spiro atoms. The number of aromatic amines is 1. The monoisotopic (exact) mass is 339 g/mol. The molecule has 0 saturated heterocycles. The van der Waals surface area contributed by atoms with E-state index in [0.29, 0.717) is 24.0 Å². The number of anilines is 1. The van der Waals surface area contributed by atoms with E-state index < -0.39 is 0 Å². The van der Waals surface area contributed by atoms with Gasteiger partial charge in [0.25, 0.3) is 0 Å². The highest BCUT2D eigenvalue weighted by atomic mass is 16.5. The summed E-state index contributed by atoms with van der Waals surface area (Å²) in [5, 5.41) is 3.03. The lowest BCUT2D eigenvalue weighted by molar-refractivity contribution is 0.355. The van der Waals surface area contributed by atoms with E-state index in [1.54, 1.807) is 26.4 Å². The first-order valence-electron chi connectivity index (χ1n) is 7.84. The number of imidazole rings is 1. The van der Waals surface area contributed by atoms with E-state index in [1.807, 2.05) is 31.2 Å². The Hall–Kier alpha value is -3.22. The maximum Gasteiger partial charge on any atom is 0.193 e. The largest absolute Gasteiger partial charge is 0.493 e. The number of para-hydroxylation sites is 1. The normalized spacial score (nSPS) is 11.6. The van der Waals surface area contributed by atoms with E-state index in [4.69, 9.17) is 15.2 Å². The number of aryl methyl sites for hydroxylation is 1. The number of aliphatic imine (C=N–C) groups is 1. The molecule has 7 heteroatoms. The van der Waals surface area contributed by atoms with Crippen LogP contribution in [0.2, 0.25) is 0 Å². The zero-order valence-electron chi connectivity index (χ0n) is 14.5. The average molecular weight is 339 g/mol. The molecule has 130 valence electrons. The molecule has 1 heterocycles. The van der Waals surface area contributed by atoms with Crippen molar-refractivity contribution < 1.29 is 9.47 Å². The molecular formula is C18H21N5O2. The Balaban J connectivity index is 1.72. The fourth-order valence-corrected chi connectivity index (χ4v) is 2.56. The molecule has 0 aliphatic heterocycles. The van der Waals surface area contributed by atoms with Gasteiger partial charge in [0, 0.05) is 11.8 Å². The maximum absolute atomic E-state index is 5.96. The molecule has 0 unspecified atom stereocenters. The highest BCUT2D eigenvalue weighted by molar-refractivity contribution is 5.92. The first kappa shape index (κ1) is 16.6. The quantitative estimate of drug-likeness (QED) is 0.490. The van der Waals surface area contributed by atoms with Crippen LogP contribution in [0.3, 0.4) is 0 Å². The van der Waals surface area contributed by atoms with Crippen LogP contribution in [-0.2, 0) is 6.54 Å². The second-order valence-corrected chi connectivity index (χ2v) is 5.55. The molecule has 1 aromatic heterocycles. The van der Waals surface area contributed by atoms with E-state index in [-0.39, 0.29) is 0 Å². The highest BCUT2D eigenvalue weighted by Gasteiger charge is 2.06. The molecule has 0 aliphatic rings. The number of ether oxygens (including phenoxy) is 2. The predicted molar refractivity (Wildman–Crippen MR) is 99.3 cm³/mol. The molecule has 0 fully saturated rings. The van der Waals surface area contributed by atoms with Crippen molar-refractivity contribution in [3.63, 3.8) is 0 Å². The SMILES string of the molecule is COc1ccc(NC(N)=NCc2nc3c(C)cccc3[nH]2)cc1OC. The number of nitrogens with zero attached hydrogens (tertiary/aromatic N) is 2. The van der Waals surface area contributed by atoms with Gasteiger partial charge in [0.2, 0.25) is 0 Å². The van der Waals surface area contributed by atoms with Crippen LogP contribution in [0, 0.1) is 6.92 Å². The third kappa shape index (κ3) is 3.65. The number of aromatic nitrogens is 2. The number of fused-ring (bicyclic) bond motifs is 1. The molecule has 0 aliphatic carbocycles. The van der Waals surface area contributed by atoms with Gasteiger partial charge in [0.15, 0.2) is 17.5 Å². The van der Waals surface area contributed by atoms with Gasteiger partial charge in [0.1, 0.15) is 12.4 Å². The minimum atomic E-state index is 0.296. The molecule has 3 aromatic rings. The van der Waals surface area contributed by atoms with Gasteiger partial charge in [-0.3, -0.25) is 0 Å². The van der Waals surface area contributed by atoms with Crippen molar-refractivity contribution in [3.05, 3.63) is 47.8 Å². The van der Waals surface area contributed by atoms with E-state index in [0.717, 1.165) is 28.1 Å². The van der Waals surface area contributed by atoms with Crippen LogP contribution in [0.25, 0.3) is 11.0 Å². The van der Waals surface area contributed by atoms with Crippen LogP contribution in [0.1, 0.15) is 11.4 Å². The summed E-state index contributed by atoms with van der Waals surface area (Å²) < 4.78 is 10.5. The van der Waals surface area contributed by atoms with Crippen molar-refractivity contribution in [2.45, 2.75) is 13.5 Å². The van der Waals surface area contributed by atoms with Gasteiger partial charge >= 0.3 is 0 Å². The van der Waals surface area contributed by atoms with E-state index in [2.05, 4.69) is 20.3 Å². The fourth-order valence-electron chi connectivity index (χ4n) is 2.56. The zero-order valence-corrected chi connectivity index (χ0v) is 14.5. The van der Waals surface area contributed by atoms with Gasteiger partial charge < -0.3 is 25.5 Å². The Bertz CT molecular complexity index is 917. The lowest BCUT2D eigenvalue weighted by Gasteiger charge is -2.10. The summed E-state index contributed by atoms with van der Waals surface area (Å²) in [6.45, 7) is 2.39. The molecule has 0 bridgehead atoms. The van der Waals surface area contributed by atoms with Gasteiger partial charge in [-0.1, -0.05) is 12.1 Å². The number of nitrogens with one attached hydrogen (secondary N) is 2. The lowest BCUT2D eigenvalue weighted by atomic mass is 10.2. The number of guanidine groups is 1. The number of rotatable bonds is 5. The minimum absolute atomic E-state index is 0.296. The third-order valence-corrected chi connectivity index (χ3v) is 3.82. The Morgan fingerprint density at radius 3 is 2.72 bits per heavy atom. The molecule has 25 heavy (non-hydrogen) atoms. The standard InChI is InChI=1S/C18H21N5O2/c1-11-5-4-6-13-17(11)23-16(22-13)10-20-18(19)21-12-7-8-14(24-2)15(9-12)25-3/h4-9H,10H2,1-3H3,(H,22,23)(H3,19,20,21). The Morgan fingerprint density at radius 2 is 2.00 bits per heavy atom. The van der Waals surface area contributed by atoms with E-state index >= 15 is 0 Å². The van der Waals surface area contributed by atoms with Crippen molar-refractivity contribution in [3.8, 4) is 11.5 Å². The summed E-state index contributed by atoms with van der Waals surface area (Å²) in [6, 6.07) is 11.5. The number of hydrogen-bond acceptors (Lipinski definition) is 4. The van der Waals surface area contributed by atoms with Crippen molar-refractivity contribution in [1.29, 1.82) is 0 Å². The molecule has 7 nitrogen and oxygen atoms in total. The summed E-state index contributed by atoms with van der Waals surface area (Å²) in [7, 11) is 3.18. The van der Waals surface area contributed by atoms with E-state index in [1.165, 1.54) is 0 Å². The van der Waals surface area contributed by atoms with Crippen molar-refractivity contribution in [1.82, 2.24) is 9.97 Å². The van der Waals surface area contributed by atoms with E-state index in [9.17, 15) is 0 Å². The molecule has 2 aromatic carbocycles. The molecule has 0 atom stereocenters. The molecule has 0 radical (unpaired) electrons. The van der Waals surface area contributed by atoms with Crippen LogP contribution >= 0.6 is 0 Å². The summed E-state index contributed by atoms with van der Waals surface area (Å²) >= 11 is 0. The Morgan fingerprint density at radius 1 is 1.20 bits per heavy atom. The lowest BCUT2D eigenvalue weighted by Crippen LogP contribution is -2.22. The van der Waals surface area contributed by atoms with Gasteiger partial charge in [-0.15, -0.1) is 0 Å². The van der Waals surface area contributed by atoms with Gasteiger partial charge in [-0.2, -0.15) is 0 Å². The predicted octanol–water partition coefficient (Wildman–Crippen LogP) is 2.82. The van der Waals surface area contributed by atoms with Gasteiger partial charge in [0.05, 0.1) is 25.3 Å². The van der Waals surface area contributed by atoms with Gasteiger partial charge in [-0.25, -0.2) is 9.98 Å². The molecular weight excluding hydrogens is 318 g/mol. The van der Waals surface area contributed by atoms with Crippen LogP contribution in [0.5, 0.6) is 11.5 Å². The van der Waals surface area contributed by atoms with Crippen molar-refractivity contribution in [2.75, 3.05) is 19.5 Å². The van der Waals surface area contributed by atoms with Crippen LogP contribution in [0.15, 0.2) is 41.4 Å². The molecule has 4 N–H and O–H groups in total. The topological polar surface area (TPSA) is 97.5 Å². The second kappa shape index (κ2) is 7.12. The second-order valence-electron chi connectivity index (χ2n) is 5.55. The number of benzene rings is 2. The highest BCUT2D eigenvalue weighted by Crippen LogP contribution is 2.29. The third-order valence-electron chi connectivity index (χ3n) is 3.82. The Labute approximate surface area is 145 Å². The fraction of sp³-hybridized carbons (Fsp3) is 0.222. The maximum atomic E-state index is 5.96. The zero-order chi connectivity index (χ0) is 17.8. The smallest absolute Gasteiger partial charge is 0.193 e. The minimum Gasteiger partial charge on any atom is -0.493 e. The number of methoxy groups -OCH3 is 2. The Kier molecular flexibility index (Phi) is 4.74. The van der Waals surface area contributed by atoms with Crippen LogP contribution < -0.4 is 20.5 Å². The summed E-state index contributed by atoms with van der Waals surface area (Å²) in [5.74, 6) is 2.33. The van der Waals surface area contributed by atoms with Gasteiger partial charge in [-0.05, 0) is 30.7 Å². The van der Waals surface area contributed by atoms with Crippen LogP contribution in [0.4, 0.5) is 5.69 Å². The molecule has 0 saturated carbocycles. The van der Waals surface area contributed by atoms with Crippen LogP contribution in [-0.4, -0.2) is 30.1 Å². The number of nitrogens with two attached hydrogens (primary N) is 1. The summed E-state index contributed by atoms with van der Waals surface area (Å²) in [6.07, 6.45) is 0. The first-order valence-corrected chi connectivity index (χ1v) is 7.84. The number of H-pyrrole nitrogens is 1.